The van der Waals surface area contributed by atoms with Crippen LogP contribution in [0.1, 0.15) is 5.69 Å². The summed E-state index contributed by atoms with van der Waals surface area (Å²) in [5, 5.41) is 7.98. The lowest BCUT2D eigenvalue weighted by Gasteiger charge is -1.98. The van der Waals surface area contributed by atoms with E-state index in [1.807, 2.05) is 6.07 Å². The number of H-pyrrole nitrogens is 1. The van der Waals surface area contributed by atoms with Gasteiger partial charge in [0.05, 0.1) is 5.69 Å². The quantitative estimate of drug-likeness (QED) is 0.676. The Hall–Kier alpha value is -1.97. The first-order valence-corrected chi connectivity index (χ1v) is 3.81. The summed E-state index contributed by atoms with van der Waals surface area (Å²) in [6, 6.07) is 1.87. The molecule has 13 heavy (non-hydrogen) atoms. The summed E-state index contributed by atoms with van der Waals surface area (Å²) < 4.78 is 0. The first-order valence-electron chi connectivity index (χ1n) is 3.81. The number of hydrogen-bond donors (Lipinski definition) is 2. The van der Waals surface area contributed by atoms with E-state index < -0.39 is 0 Å². The van der Waals surface area contributed by atoms with E-state index in [0.717, 1.165) is 11.0 Å². The minimum absolute atomic E-state index is 0.590. The van der Waals surface area contributed by atoms with E-state index in [-0.39, 0.29) is 0 Å². The van der Waals surface area contributed by atoms with Gasteiger partial charge >= 0.3 is 0 Å². The van der Waals surface area contributed by atoms with Crippen LogP contribution in [0.15, 0.2) is 25.2 Å². The highest BCUT2D eigenvalue weighted by Crippen LogP contribution is 2.17. The van der Waals surface area contributed by atoms with E-state index in [2.05, 4.69) is 21.5 Å². The fourth-order valence-electron chi connectivity index (χ4n) is 1.20. The molecule has 0 bridgehead atoms. The van der Waals surface area contributed by atoms with Crippen LogP contribution in [-0.4, -0.2) is 21.2 Å². The molecule has 0 aliphatic rings. The molecule has 64 valence electrons. The third-order valence-electron chi connectivity index (χ3n) is 1.83. The van der Waals surface area contributed by atoms with Gasteiger partial charge in [-0.15, -0.1) is 0 Å². The smallest absolute Gasteiger partial charge is 0.141 e. The van der Waals surface area contributed by atoms with Crippen molar-refractivity contribution in [2.24, 2.45) is 0 Å². The lowest BCUT2D eigenvalue weighted by Crippen LogP contribution is -1.91. The molecule has 0 atom stereocenters. The monoisotopic (exact) mass is 172 g/mol. The Morgan fingerprint density at radius 1 is 1.54 bits per heavy atom. The van der Waals surface area contributed by atoms with E-state index in [9.17, 15) is 0 Å². The van der Waals surface area contributed by atoms with Gasteiger partial charge in [0, 0.05) is 23.4 Å². The van der Waals surface area contributed by atoms with Gasteiger partial charge in [-0.1, -0.05) is 6.58 Å². The fraction of sp³-hybridized carbons (Fsp3) is 0. The second kappa shape index (κ2) is 2.82. The van der Waals surface area contributed by atoms with Crippen LogP contribution in [0.3, 0.4) is 0 Å². The van der Waals surface area contributed by atoms with E-state index in [4.69, 9.17) is 5.41 Å². The highest BCUT2D eigenvalue weighted by Gasteiger charge is 2.04. The van der Waals surface area contributed by atoms with Gasteiger partial charge in [0.1, 0.15) is 12.0 Å². The van der Waals surface area contributed by atoms with Crippen molar-refractivity contribution < 1.29 is 0 Å². The molecule has 4 heteroatoms. The fourth-order valence-corrected chi connectivity index (χ4v) is 1.20. The lowest BCUT2D eigenvalue weighted by molar-refractivity contribution is 1.18. The molecule has 0 saturated heterocycles. The van der Waals surface area contributed by atoms with Crippen molar-refractivity contribution in [2.75, 3.05) is 0 Å². The molecule has 0 unspecified atom stereocenters. The predicted octanol–water partition coefficient (Wildman–Crippen LogP) is 1.62. The van der Waals surface area contributed by atoms with E-state index in [1.54, 1.807) is 6.20 Å². The number of nitrogens with zero attached hydrogens (tertiary/aromatic N) is 2. The molecule has 2 heterocycles. The zero-order valence-corrected chi connectivity index (χ0v) is 6.91. The summed E-state index contributed by atoms with van der Waals surface area (Å²) in [6.45, 7) is 3.73. The average Bonchev–Trinajstić information content (AvgIpc) is 2.63. The Morgan fingerprint density at radius 3 is 3.15 bits per heavy atom. The van der Waals surface area contributed by atoms with Crippen molar-refractivity contribution in [1.82, 2.24) is 15.0 Å². The maximum absolute atomic E-state index is 7.08. The third kappa shape index (κ3) is 1.12. The summed E-state index contributed by atoms with van der Waals surface area (Å²) in [7, 11) is 0. The van der Waals surface area contributed by atoms with Gasteiger partial charge in [0.2, 0.25) is 0 Å². The van der Waals surface area contributed by atoms with Crippen molar-refractivity contribution >= 4 is 22.8 Å². The third-order valence-corrected chi connectivity index (χ3v) is 1.83. The van der Waals surface area contributed by atoms with E-state index >= 15 is 0 Å². The second-order valence-electron chi connectivity index (χ2n) is 2.63. The molecule has 0 aromatic carbocycles. The number of hydrogen-bond acceptors (Lipinski definition) is 3. The normalized spacial score (nSPS) is 10.2. The van der Waals surface area contributed by atoms with Crippen LogP contribution in [-0.2, 0) is 0 Å². The number of nitrogens with one attached hydrogen (secondary N) is 2. The molecular weight excluding hydrogens is 164 g/mol. The van der Waals surface area contributed by atoms with Gasteiger partial charge in [-0.3, -0.25) is 0 Å². The number of rotatable bonds is 2. The summed E-state index contributed by atoms with van der Waals surface area (Å²) in [6.07, 6.45) is 4.44. The van der Waals surface area contributed by atoms with Crippen molar-refractivity contribution in [3.05, 3.63) is 30.9 Å². The highest BCUT2D eigenvalue weighted by molar-refractivity contribution is 6.10. The van der Waals surface area contributed by atoms with Crippen LogP contribution in [0.2, 0.25) is 0 Å². The lowest BCUT2D eigenvalue weighted by atomic mass is 10.2. The summed E-state index contributed by atoms with van der Waals surface area (Å²) >= 11 is 0. The number of aromatic amines is 1. The minimum atomic E-state index is 0.590. The molecular formula is C9H8N4. The topological polar surface area (TPSA) is 65.4 Å². The molecule has 0 spiro atoms. The number of allylic oxidation sites excluding steroid dienone is 1. The van der Waals surface area contributed by atoms with Crippen molar-refractivity contribution in [2.45, 2.75) is 0 Å². The van der Waals surface area contributed by atoms with Gasteiger partial charge in [-0.25, -0.2) is 9.97 Å². The molecule has 0 saturated carbocycles. The molecule has 2 N–H and O–H groups in total. The predicted molar refractivity (Wildman–Crippen MR) is 51.7 cm³/mol. The molecule has 0 aliphatic carbocycles. The largest absolute Gasteiger partial charge is 0.346 e. The zero-order chi connectivity index (χ0) is 9.26. The maximum atomic E-state index is 7.08. The van der Waals surface area contributed by atoms with Crippen LogP contribution in [0.5, 0.6) is 0 Å². The minimum Gasteiger partial charge on any atom is -0.346 e. The van der Waals surface area contributed by atoms with Gasteiger partial charge in [0.25, 0.3) is 0 Å². The van der Waals surface area contributed by atoms with Crippen molar-refractivity contribution in [1.29, 1.82) is 5.41 Å². The Kier molecular flexibility index (Phi) is 1.66. The zero-order valence-electron chi connectivity index (χ0n) is 6.91. The maximum Gasteiger partial charge on any atom is 0.141 e. The van der Waals surface area contributed by atoms with Crippen molar-refractivity contribution in [3.8, 4) is 0 Å². The standard InChI is InChI=1S/C9H8N4/c1-6(4-10)8-7-2-3-11-9(7)13-5-12-8/h2-5,10H,1H2,(H,11,12,13). The van der Waals surface area contributed by atoms with E-state index in [0.29, 0.717) is 11.3 Å². The Balaban J connectivity index is 2.74. The molecule has 0 fully saturated rings. The molecule has 0 radical (unpaired) electrons. The number of aromatic nitrogens is 3. The summed E-state index contributed by atoms with van der Waals surface area (Å²) in [4.78, 5) is 11.1. The van der Waals surface area contributed by atoms with Crippen molar-refractivity contribution in [3.63, 3.8) is 0 Å². The van der Waals surface area contributed by atoms with Crippen LogP contribution < -0.4 is 0 Å². The van der Waals surface area contributed by atoms with Crippen LogP contribution >= 0.6 is 0 Å². The Morgan fingerprint density at radius 2 is 2.38 bits per heavy atom. The number of fused-ring (bicyclic) bond motifs is 1. The molecule has 2 aromatic rings. The molecule has 4 nitrogen and oxygen atoms in total. The van der Waals surface area contributed by atoms with E-state index in [1.165, 1.54) is 12.5 Å². The Bertz CT molecular complexity index is 469. The summed E-state index contributed by atoms with van der Waals surface area (Å²) in [5.74, 6) is 0. The molecule has 2 aromatic heterocycles. The average molecular weight is 172 g/mol. The molecule has 2 rings (SSSR count). The summed E-state index contributed by atoms with van der Waals surface area (Å²) in [5.41, 5.74) is 2.07. The van der Waals surface area contributed by atoms with Crippen LogP contribution in [0.25, 0.3) is 16.6 Å². The van der Waals surface area contributed by atoms with Gasteiger partial charge in [-0.05, 0) is 6.07 Å². The highest BCUT2D eigenvalue weighted by atomic mass is 14.9. The van der Waals surface area contributed by atoms with Crippen LogP contribution in [0.4, 0.5) is 0 Å². The first kappa shape index (κ1) is 7.67. The Labute approximate surface area is 74.9 Å². The van der Waals surface area contributed by atoms with Gasteiger partial charge in [0.15, 0.2) is 0 Å². The SMILES string of the molecule is C=C(C=N)c1ncnc2[nH]ccc12. The van der Waals surface area contributed by atoms with Gasteiger partial charge in [-0.2, -0.15) is 0 Å². The second-order valence-corrected chi connectivity index (χ2v) is 2.63. The molecule has 0 aliphatic heterocycles. The van der Waals surface area contributed by atoms with Gasteiger partial charge < -0.3 is 10.4 Å². The first-order chi connectivity index (χ1) is 6.33. The molecule has 0 amide bonds. The van der Waals surface area contributed by atoms with Crippen LogP contribution in [0, 0.1) is 5.41 Å².